The largest absolute Gasteiger partial charge is 0.455 e. The normalized spacial score (nSPS) is 10.9. The van der Waals surface area contributed by atoms with Crippen LogP contribution in [0.5, 0.6) is 11.5 Å². The number of anilines is 1. The summed E-state index contributed by atoms with van der Waals surface area (Å²) in [5, 5.41) is 7.14. The van der Waals surface area contributed by atoms with E-state index in [1.807, 2.05) is 51.1 Å². The first kappa shape index (κ1) is 19.5. The third-order valence-electron chi connectivity index (χ3n) is 4.91. The summed E-state index contributed by atoms with van der Waals surface area (Å²) in [5.41, 5.74) is 4.49. The Morgan fingerprint density at radius 3 is 2.83 bits per heavy atom. The van der Waals surface area contributed by atoms with Crippen LogP contribution >= 0.6 is 0 Å². The highest BCUT2D eigenvalue weighted by molar-refractivity contribution is 5.91. The number of amides is 1. The number of nitrogens with one attached hydrogen (secondary N) is 1. The number of rotatable bonds is 6. The summed E-state index contributed by atoms with van der Waals surface area (Å²) < 4.78 is 7.53. The van der Waals surface area contributed by atoms with Gasteiger partial charge >= 0.3 is 0 Å². The number of hydrogen-bond acceptors (Lipinski definition) is 6. The molecule has 0 aliphatic heterocycles. The second-order valence-corrected chi connectivity index (χ2v) is 7.05. The van der Waals surface area contributed by atoms with Crippen LogP contribution in [0.4, 0.5) is 5.69 Å². The predicted octanol–water partition coefficient (Wildman–Crippen LogP) is 3.81. The van der Waals surface area contributed by atoms with Gasteiger partial charge in [-0.2, -0.15) is 10.1 Å². The molecule has 30 heavy (non-hydrogen) atoms. The number of aromatic nitrogens is 5. The van der Waals surface area contributed by atoms with Gasteiger partial charge in [0.2, 0.25) is 5.91 Å². The number of carbonyl (C=O) groups is 1. The van der Waals surface area contributed by atoms with Crippen molar-refractivity contribution in [3.05, 3.63) is 71.6 Å². The van der Waals surface area contributed by atoms with Crippen molar-refractivity contribution in [2.75, 3.05) is 5.32 Å². The van der Waals surface area contributed by atoms with Gasteiger partial charge in [-0.25, -0.2) is 9.50 Å². The first-order valence-corrected chi connectivity index (χ1v) is 9.65. The van der Waals surface area contributed by atoms with Crippen LogP contribution in [0.2, 0.25) is 0 Å². The van der Waals surface area contributed by atoms with Crippen molar-refractivity contribution in [2.24, 2.45) is 0 Å². The topological polar surface area (TPSA) is 94.3 Å². The van der Waals surface area contributed by atoms with Crippen molar-refractivity contribution in [1.29, 1.82) is 0 Å². The van der Waals surface area contributed by atoms with E-state index in [1.165, 1.54) is 6.33 Å². The number of hydrogen-bond donors (Lipinski definition) is 1. The SMILES string of the molecule is Cc1cc(NC(=O)CCc2c(C)nc3ncnn3c2C)ccc1Oc1cccnc1. The molecule has 0 spiro atoms. The number of carbonyl (C=O) groups excluding carboxylic acids is 1. The van der Waals surface area contributed by atoms with Gasteiger partial charge in [0, 0.05) is 29.7 Å². The summed E-state index contributed by atoms with van der Waals surface area (Å²) in [5.74, 6) is 1.90. The van der Waals surface area contributed by atoms with E-state index in [4.69, 9.17) is 4.74 Å². The molecular formula is C22H22N6O2. The van der Waals surface area contributed by atoms with Crippen molar-refractivity contribution in [3.63, 3.8) is 0 Å². The zero-order valence-electron chi connectivity index (χ0n) is 17.1. The molecule has 0 saturated heterocycles. The maximum absolute atomic E-state index is 12.5. The van der Waals surface area contributed by atoms with Crippen LogP contribution in [0, 0.1) is 20.8 Å². The minimum Gasteiger partial charge on any atom is -0.455 e. The maximum atomic E-state index is 12.5. The first-order valence-electron chi connectivity index (χ1n) is 9.65. The third-order valence-corrected chi connectivity index (χ3v) is 4.91. The van der Waals surface area contributed by atoms with Gasteiger partial charge in [0.15, 0.2) is 0 Å². The fourth-order valence-electron chi connectivity index (χ4n) is 3.36. The Hall–Kier alpha value is -3.81. The van der Waals surface area contributed by atoms with E-state index >= 15 is 0 Å². The molecule has 0 aliphatic rings. The Labute approximate surface area is 174 Å². The zero-order valence-corrected chi connectivity index (χ0v) is 17.1. The van der Waals surface area contributed by atoms with Gasteiger partial charge in [0.05, 0.1) is 6.20 Å². The monoisotopic (exact) mass is 402 g/mol. The summed E-state index contributed by atoms with van der Waals surface area (Å²) in [6.07, 6.45) is 5.76. The van der Waals surface area contributed by atoms with Gasteiger partial charge < -0.3 is 10.1 Å². The number of benzene rings is 1. The molecule has 0 bridgehead atoms. The Morgan fingerprint density at radius 1 is 1.20 bits per heavy atom. The Bertz CT molecular complexity index is 1200. The molecule has 1 N–H and O–H groups in total. The van der Waals surface area contributed by atoms with Crippen LogP contribution < -0.4 is 10.1 Å². The molecule has 1 amide bonds. The van der Waals surface area contributed by atoms with Crippen LogP contribution in [0.25, 0.3) is 5.78 Å². The van der Waals surface area contributed by atoms with Crippen LogP contribution in [0.3, 0.4) is 0 Å². The molecule has 4 aromatic rings. The lowest BCUT2D eigenvalue weighted by Gasteiger charge is -2.12. The van der Waals surface area contributed by atoms with Gasteiger partial charge in [-0.05, 0) is 68.7 Å². The summed E-state index contributed by atoms with van der Waals surface area (Å²) in [7, 11) is 0. The summed E-state index contributed by atoms with van der Waals surface area (Å²) in [4.78, 5) is 25.1. The molecule has 0 saturated carbocycles. The second kappa shape index (κ2) is 8.28. The molecule has 0 unspecified atom stereocenters. The number of fused-ring (bicyclic) bond motifs is 1. The molecular weight excluding hydrogens is 380 g/mol. The number of aryl methyl sites for hydroxylation is 3. The van der Waals surface area contributed by atoms with Gasteiger partial charge in [-0.3, -0.25) is 9.78 Å². The van der Waals surface area contributed by atoms with Crippen molar-refractivity contribution in [1.82, 2.24) is 24.6 Å². The molecule has 4 rings (SSSR count). The lowest BCUT2D eigenvalue weighted by molar-refractivity contribution is -0.116. The minimum absolute atomic E-state index is 0.0622. The molecule has 152 valence electrons. The highest BCUT2D eigenvalue weighted by Crippen LogP contribution is 2.27. The highest BCUT2D eigenvalue weighted by atomic mass is 16.5. The number of pyridine rings is 1. The van der Waals surface area contributed by atoms with Gasteiger partial charge in [0.1, 0.15) is 17.8 Å². The van der Waals surface area contributed by atoms with Crippen molar-refractivity contribution in [2.45, 2.75) is 33.6 Å². The van der Waals surface area contributed by atoms with E-state index in [0.717, 1.165) is 34.0 Å². The van der Waals surface area contributed by atoms with Crippen LogP contribution in [-0.2, 0) is 11.2 Å². The second-order valence-electron chi connectivity index (χ2n) is 7.05. The number of nitrogens with zero attached hydrogens (tertiary/aromatic N) is 5. The predicted molar refractivity (Wildman–Crippen MR) is 113 cm³/mol. The van der Waals surface area contributed by atoms with Crippen LogP contribution in [0.15, 0.2) is 49.1 Å². The molecule has 0 fully saturated rings. The molecule has 8 heteroatoms. The lowest BCUT2D eigenvalue weighted by atomic mass is 10.1. The third kappa shape index (κ3) is 4.12. The van der Waals surface area contributed by atoms with E-state index < -0.39 is 0 Å². The quantitative estimate of drug-likeness (QED) is 0.527. The summed E-state index contributed by atoms with van der Waals surface area (Å²) in [6, 6.07) is 9.23. The van der Waals surface area contributed by atoms with Crippen molar-refractivity contribution in [3.8, 4) is 11.5 Å². The number of ether oxygens (including phenoxy) is 1. The van der Waals surface area contributed by atoms with E-state index in [-0.39, 0.29) is 5.91 Å². The fraction of sp³-hybridized carbons (Fsp3) is 0.227. The molecule has 0 aliphatic carbocycles. The fourth-order valence-corrected chi connectivity index (χ4v) is 3.36. The Balaban J connectivity index is 1.40. The van der Waals surface area contributed by atoms with E-state index in [0.29, 0.717) is 24.4 Å². The van der Waals surface area contributed by atoms with Gasteiger partial charge in [0.25, 0.3) is 5.78 Å². The molecule has 3 heterocycles. The van der Waals surface area contributed by atoms with Crippen molar-refractivity contribution >= 4 is 17.4 Å². The standard InChI is InChI=1S/C22H22N6O2/c1-14-11-17(6-8-20(14)30-18-5-4-10-23-12-18)27-21(29)9-7-19-15(2)26-22-24-13-25-28(22)16(19)3/h4-6,8,10-13H,7,9H2,1-3H3,(H,27,29). The first-order chi connectivity index (χ1) is 14.5. The highest BCUT2D eigenvalue weighted by Gasteiger charge is 2.13. The average molecular weight is 402 g/mol. The summed E-state index contributed by atoms with van der Waals surface area (Å²) >= 11 is 0. The molecule has 0 atom stereocenters. The van der Waals surface area contributed by atoms with Gasteiger partial charge in [-0.1, -0.05) is 0 Å². The van der Waals surface area contributed by atoms with Crippen LogP contribution in [0.1, 0.15) is 28.9 Å². The van der Waals surface area contributed by atoms with E-state index in [2.05, 4.69) is 25.4 Å². The summed E-state index contributed by atoms with van der Waals surface area (Å²) in [6.45, 7) is 5.83. The smallest absolute Gasteiger partial charge is 0.252 e. The Morgan fingerprint density at radius 2 is 2.07 bits per heavy atom. The minimum atomic E-state index is -0.0622. The molecule has 1 aromatic carbocycles. The Kier molecular flexibility index (Phi) is 5.38. The van der Waals surface area contributed by atoms with Crippen molar-refractivity contribution < 1.29 is 9.53 Å². The maximum Gasteiger partial charge on any atom is 0.252 e. The molecule has 3 aromatic heterocycles. The average Bonchev–Trinajstić information content (AvgIpc) is 3.19. The lowest BCUT2D eigenvalue weighted by Crippen LogP contribution is -2.14. The van der Waals surface area contributed by atoms with E-state index in [9.17, 15) is 4.79 Å². The van der Waals surface area contributed by atoms with Gasteiger partial charge in [-0.15, -0.1) is 0 Å². The van der Waals surface area contributed by atoms with Crippen LogP contribution in [-0.4, -0.2) is 30.5 Å². The molecule has 8 nitrogen and oxygen atoms in total. The zero-order chi connectivity index (χ0) is 21.1. The van der Waals surface area contributed by atoms with E-state index in [1.54, 1.807) is 16.9 Å². The molecule has 0 radical (unpaired) electrons.